The Balaban J connectivity index is 0.000000547. The minimum absolute atomic E-state index is 0.163. The maximum absolute atomic E-state index is 10.5. The van der Waals surface area contributed by atoms with E-state index < -0.39 is 10.1 Å². The summed E-state index contributed by atoms with van der Waals surface area (Å²) in [5.74, 6) is -0.163. The molecule has 1 rings (SSSR count). The molecule has 0 aromatic heterocycles. The van der Waals surface area contributed by atoms with Crippen molar-refractivity contribution >= 4 is 16.1 Å². The van der Waals surface area contributed by atoms with E-state index in [1.54, 1.807) is 0 Å². The number of β-amino-alcohol motifs (C(OH)–C–C–N with tert-alkyl or cyclic N) is 1. The molecule has 0 atom stereocenters. The first kappa shape index (κ1) is 24.2. The number of aliphatic hydroxyl groups excluding tert-OH is 1. The molecule has 8 nitrogen and oxygen atoms in total. The third kappa shape index (κ3) is 16.4. The molecule has 1 fully saturated rings. The first-order valence-electron chi connectivity index (χ1n) is 8.79. The number of nitrogens with zero attached hydrogens (tertiary/aromatic N) is 4. The van der Waals surface area contributed by atoms with Gasteiger partial charge in [0.05, 0.1) is 30.5 Å². The van der Waals surface area contributed by atoms with Crippen LogP contribution >= 0.6 is 0 Å². The van der Waals surface area contributed by atoms with Crippen LogP contribution in [0.4, 0.5) is 0 Å². The van der Waals surface area contributed by atoms with Crippen LogP contribution in [0.3, 0.4) is 0 Å². The SMILES string of the molecule is CC(C)N=C=NC(C)C.O=S(=O)(O)CCCN1CCN(CCO)CC1. The summed E-state index contributed by atoms with van der Waals surface area (Å²) in [6, 6.07) is 3.26. The van der Waals surface area contributed by atoms with Gasteiger partial charge in [-0.15, -0.1) is 0 Å². The molecule has 0 bridgehead atoms. The second kappa shape index (κ2) is 13.4. The molecule has 2 N–H and O–H groups in total. The van der Waals surface area contributed by atoms with Gasteiger partial charge in [-0.25, -0.2) is 9.98 Å². The van der Waals surface area contributed by atoms with Crippen molar-refractivity contribution in [1.82, 2.24) is 9.80 Å². The summed E-state index contributed by atoms with van der Waals surface area (Å²) in [6.07, 6.45) is 0.471. The van der Waals surface area contributed by atoms with Gasteiger partial charge in [0.1, 0.15) is 0 Å². The van der Waals surface area contributed by atoms with Crippen molar-refractivity contribution in [1.29, 1.82) is 0 Å². The van der Waals surface area contributed by atoms with Crippen LogP contribution in [0.1, 0.15) is 34.1 Å². The number of aliphatic hydroxyl groups is 1. The second-order valence-electron chi connectivity index (χ2n) is 6.59. The summed E-state index contributed by atoms with van der Waals surface area (Å²) in [6.45, 7) is 13.2. The molecule has 0 saturated carbocycles. The van der Waals surface area contributed by atoms with Crippen LogP contribution in [0.5, 0.6) is 0 Å². The third-order valence-electron chi connectivity index (χ3n) is 3.39. The van der Waals surface area contributed by atoms with Crippen molar-refractivity contribution < 1.29 is 18.1 Å². The Hall–Kier alpha value is -0.830. The summed E-state index contributed by atoms with van der Waals surface area (Å²) >= 11 is 0. The first-order chi connectivity index (χ1) is 11.6. The van der Waals surface area contributed by atoms with Gasteiger partial charge in [-0.05, 0) is 40.7 Å². The molecule has 148 valence electrons. The zero-order valence-corrected chi connectivity index (χ0v) is 16.7. The van der Waals surface area contributed by atoms with Crippen molar-refractivity contribution in [2.75, 3.05) is 51.6 Å². The van der Waals surface area contributed by atoms with Crippen molar-refractivity contribution in [3.8, 4) is 0 Å². The third-order valence-corrected chi connectivity index (χ3v) is 4.19. The fraction of sp³-hybridized carbons (Fsp3) is 0.938. The van der Waals surface area contributed by atoms with Crippen LogP contribution in [0, 0.1) is 0 Å². The van der Waals surface area contributed by atoms with Gasteiger partial charge in [0.2, 0.25) is 0 Å². The Kier molecular flexibility index (Phi) is 12.9. The maximum atomic E-state index is 10.5. The molecule has 25 heavy (non-hydrogen) atoms. The lowest BCUT2D eigenvalue weighted by atomic mass is 10.3. The van der Waals surface area contributed by atoms with Crippen LogP contribution in [0.25, 0.3) is 0 Å². The summed E-state index contributed by atoms with van der Waals surface area (Å²) in [5, 5.41) is 8.77. The van der Waals surface area contributed by atoms with Gasteiger partial charge >= 0.3 is 0 Å². The van der Waals surface area contributed by atoms with Gasteiger partial charge in [-0.1, -0.05) is 0 Å². The molecule has 9 heteroatoms. The molecular weight excluding hydrogens is 344 g/mol. The Morgan fingerprint density at radius 2 is 1.40 bits per heavy atom. The standard InChI is InChI=1S/C9H20N2O4S.C7H14N2/c12-8-7-11-5-3-10(4-6-11)2-1-9-16(13,14)15;1-6(2)8-5-9-7(3)4/h12H,1-9H2,(H,13,14,15);6-7H,1-4H3. The van der Waals surface area contributed by atoms with Crippen molar-refractivity contribution in [2.24, 2.45) is 9.98 Å². The van der Waals surface area contributed by atoms with E-state index in [4.69, 9.17) is 9.66 Å². The molecule has 0 radical (unpaired) electrons. The Morgan fingerprint density at radius 3 is 1.76 bits per heavy atom. The minimum atomic E-state index is -3.81. The molecule has 1 saturated heterocycles. The fourth-order valence-corrected chi connectivity index (χ4v) is 2.61. The van der Waals surface area contributed by atoms with Crippen molar-refractivity contribution in [3.05, 3.63) is 0 Å². The van der Waals surface area contributed by atoms with Crippen LogP contribution in [-0.2, 0) is 10.1 Å². The largest absolute Gasteiger partial charge is 0.395 e. The highest BCUT2D eigenvalue weighted by Gasteiger charge is 2.16. The van der Waals surface area contributed by atoms with Crippen LogP contribution in [0.15, 0.2) is 9.98 Å². The van der Waals surface area contributed by atoms with Crippen LogP contribution < -0.4 is 0 Å². The zero-order valence-electron chi connectivity index (χ0n) is 15.9. The summed E-state index contributed by atoms with van der Waals surface area (Å²) < 4.78 is 29.6. The lowest BCUT2D eigenvalue weighted by Crippen LogP contribution is -2.47. The topological polar surface area (TPSA) is 106 Å². The Morgan fingerprint density at radius 1 is 0.960 bits per heavy atom. The lowest BCUT2D eigenvalue weighted by Gasteiger charge is -2.34. The zero-order chi connectivity index (χ0) is 19.3. The number of hydrogen-bond donors (Lipinski definition) is 2. The summed E-state index contributed by atoms with van der Waals surface area (Å²) in [5.41, 5.74) is 0. The molecule has 1 aliphatic rings. The van der Waals surface area contributed by atoms with Crippen LogP contribution in [-0.4, -0.2) is 97.6 Å². The lowest BCUT2D eigenvalue weighted by molar-refractivity contribution is 0.113. The number of aliphatic imine (C=N–C) groups is 2. The van der Waals surface area contributed by atoms with Crippen molar-refractivity contribution in [3.63, 3.8) is 0 Å². The highest BCUT2D eigenvalue weighted by molar-refractivity contribution is 7.85. The predicted octanol–water partition coefficient (Wildman–Crippen LogP) is 0.851. The van der Waals surface area contributed by atoms with E-state index in [0.29, 0.717) is 31.6 Å². The minimum Gasteiger partial charge on any atom is -0.395 e. The summed E-state index contributed by atoms with van der Waals surface area (Å²) in [4.78, 5) is 12.3. The molecule has 0 spiro atoms. The molecule has 0 aromatic carbocycles. The molecular formula is C16H34N4O4S. The second-order valence-corrected chi connectivity index (χ2v) is 8.16. The van der Waals surface area contributed by atoms with E-state index in [1.807, 2.05) is 27.7 Å². The van der Waals surface area contributed by atoms with Crippen LogP contribution in [0.2, 0.25) is 0 Å². The highest BCUT2D eigenvalue weighted by atomic mass is 32.2. The van der Waals surface area contributed by atoms with E-state index in [-0.39, 0.29) is 12.4 Å². The van der Waals surface area contributed by atoms with Gasteiger partial charge < -0.3 is 10.0 Å². The molecule has 1 heterocycles. The Labute approximate surface area is 152 Å². The van der Waals surface area contributed by atoms with E-state index in [9.17, 15) is 8.42 Å². The number of hydrogen-bond acceptors (Lipinski definition) is 7. The molecule has 0 amide bonds. The highest BCUT2D eigenvalue weighted by Crippen LogP contribution is 2.02. The van der Waals surface area contributed by atoms with E-state index in [1.165, 1.54) is 0 Å². The van der Waals surface area contributed by atoms with Gasteiger partial charge in [-0.3, -0.25) is 9.45 Å². The molecule has 1 aliphatic heterocycles. The maximum Gasteiger partial charge on any atom is 0.264 e. The molecule has 0 aromatic rings. The summed E-state index contributed by atoms with van der Waals surface area (Å²) in [7, 11) is -3.81. The van der Waals surface area contributed by atoms with E-state index in [0.717, 1.165) is 26.2 Å². The normalized spacial score (nSPS) is 16.3. The Bertz CT molecular complexity index is 482. The van der Waals surface area contributed by atoms with Crippen molar-refractivity contribution in [2.45, 2.75) is 46.2 Å². The quantitative estimate of drug-likeness (QED) is 0.479. The fourth-order valence-electron chi connectivity index (χ4n) is 2.11. The van der Waals surface area contributed by atoms with E-state index >= 15 is 0 Å². The number of rotatable bonds is 8. The van der Waals surface area contributed by atoms with E-state index in [2.05, 4.69) is 25.8 Å². The molecule has 0 unspecified atom stereocenters. The average molecular weight is 379 g/mol. The monoisotopic (exact) mass is 378 g/mol. The number of piperazine rings is 1. The molecule has 0 aliphatic carbocycles. The van der Waals surface area contributed by atoms with Gasteiger partial charge in [0, 0.05) is 32.7 Å². The first-order valence-corrected chi connectivity index (χ1v) is 10.4. The van der Waals surface area contributed by atoms with Gasteiger partial charge in [0.25, 0.3) is 10.1 Å². The smallest absolute Gasteiger partial charge is 0.264 e. The predicted molar refractivity (Wildman–Crippen MR) is 101 cm³/mol. The average Bonchev–Trinajstić information content (AvgIpc) is 2.48. The van der Waals surface area contributed by atoms with Gasteiger partial charge in [-0.2, -0.15) is 8.42 Å². The van der Waals surface area contributed by atoms with Gasteiger partial charge in [0.15, 0.2) is 0 Å².